The van der Waals surface area contributed by atoms with E-state index >= 15 is 0 Å². The summed E-state index contributed by atoms with van der Waals surface area (Å²) in [5.41, 5.74) is 0.0364. The highest BCUT2D eigenvalue weighted by Crippen LogP contribution is 2.29. The van der Waals surface area contributed by atoms with Gasteiger partial charge in [0.25, 0.3) is 5.69 Å². The van der Waals surface area contributed by atoms with E-state index in [9.17, 15) is 19.3 Å². The summed E-state index contributed by atoms with van der Waals surface area (Å²) in [6.07, 6.45) is 2.49. The summed E-state index contributed by atoms with van der Waals surface area (Å²) in [6, 6.07) is 11.1. The average molecular weight is 421 g/mol. The van der Waals surface area contributed by atoms with Crippen molar-refractivity contribution in [3.63, 3.8) is 0 Å². The molecule has 0 saturated carbocycles. The average Bonchev–Trinajstić information content (AvgIpc) is 3.10. The molecule has 0 aliphatic heterocycles. The Bertz CT molecular complexity index is 1080. The quantitative estimate of drug-likeness (QED) is 0.313. The second-order valence-electron chi connectivity index (χ2n) is 5.60. The number of nitrogens with one attached hydrogen (secondary N) is 1. The largest absolute Gasteiger partial charge is 0.457 e. The molecule has 1 heterocycles. The number of nitro groups is 1. The highest BCUT2D eigenvalue weighted by molar-refractivity contribution is 6.35. The Morgan fingerprint density at radius 2 is 1.82 bits per heavy atom. The van der Waals surface area contributed by atoms with Crippen molar-refractivity contribution >= 4 is 46.6 Å². The molecule has 0 atom stereocenters. The number of carbonyl (C=O) groups is 1. The Labute approximate surface area is 168 Å². The van der Waals surface area contributed by atoms with Gasteiger partial charge in [-0.1, -0.05) is 23.2 Å². The fourth-order valence-electron chi connectivity index (χ4n) is 2.35. The Morgan fingerprint density at radius 1 is 1.11 bits per heavy atom. The Morgan fingerprint density at radius 3 is 2.50 bits per heavy atom. The predicted octanol–water partition coefficient (Wildman–Crippen LogP) is 5.95. The second-order valence-corrected chi connectivity index (χ2v) is 6.48. The lowest BCUT2D eigenvalue weighted by Gasteiger charge is -2.03. The molecule has 28 heavy (non-hydrogen) atoms. The van der Waals surface area contributed by atoms with Crippen LogP contribution in [0.3, 0.4) is 0 Å². The predicted molar refractivity (Wildman–Crippen MR) is 105 cm³/mol. The summed E-state index contributed by atoms with van der Waals surface area (Å²) < 4.78 is 19.3. The van der Waals surface area contributed by atoms with Gasteiger partial charge in [0.05, 0.1) is 10.6 Å². The molecular weight excluding hydrogens is 410 g/mol. The van der Waals surface area contributed by atoms with Gasteiger partial charge in [0, 0.05) is 33.8 Å². The Kier molecular flexibility index (Phi) is 5.77. The monoisotopic (exact) mass is 420 g/mol. The van der Waals surface area contributed by atoms with Crippen LogP contribution in [0.4, 0.5) is 15.8 Å². The van der Waals surface area contributed by atoms with E-state index in [0.29, 0.717) is 27.1 Å². The molecule has 0 radical (unpaired) electrons. The summed E-state index contributed by atoms with van der Waals surface area (Å²) >= 11 is 11.9. The molecule has 9 heteroatoms. The molecule has 142 valence electrons. The topological polar surface area (TPSA) is 85.4 Å². The summed E-state index contributed by atoms with van der Waals surface area (Å²) in [5.74, 6) is -0.608. The lowest BCUT2D eigenvalue weighted by atomic mass is 10.2. The summed E-state index contributed by atoms with van der Waals surface area (Å²) in [6.45, 7) is 0. The molecule has 0 aliphatic rings. The number of anilines is 1. The molecule has 1 N–H and O–H groups in total. The van der Waals surface area contributed by atoms with Gasteiger partial charge in [-0.05, 0) is 42.5 Å². The number of halogens is 3. The van der Waals surface area contributed by atoms with Crippen LogP contribution < -0.4 is 5.32 Å². The molecule has 1 aromatic heterocycles. The van der Waals surface area contributed by atoms with Crippen LogP contribution in [0, 0.1) is 15.9 Å². The van der Waals surface area contributed by atoms with Gasteiger partial charge in [0.15, 0.2) is 0 Å². The van der Waals surface area contributed by atoms with Gasteiger partial charge in [0.2, 0.25) is 5.91 Å². The van der Waals surface area contributed by atoms with E-state index in [4.69, 9.17) is 27.6 Å². The first kappa shape index (κ1) is 19.6. The van der Waals surface area contributed by atoms with Crippen molar-refractivity contribution in [2.45, 2.75) is 0 Å². The molecule has 0 bridgehead atoms. The molecule has 6 nitrogen and oxygen atoms in total. The molecule has 0 unspecified atom stereocenters. The van der Waals surface area contributed by atoms with Crippen molar-refractivity contribution in [2.24, 2.45) is 0 Å². The standard InChI is InChI=1S/C19H11Cl2FN2O4/c20-12-7-11(8-13(21)9-12)18-5-2-15(28-18)3-6-19(25)23-17-10-14(24(26)27)1-4-16(17)22/h1-10H,(H,23,25)/b6-3+. The van der Waals surface area contributed by atoms with E-state index in [1.54, 1.807) is 30.3 Å². The van der Waals surface area contributed by atoms with Gasteiger partial charge in [-0.2, -0.15) is 0 Å². The minimum atomic E-state index is -0.787. The lowest BCUT2D eigenvalue weighted by molar-refractivity contribution is -0.384. The van der Waals surface area contributed by atoms with Crippen molar-refractivity contribution in [2.75, 3.05) is 5.32 Å². The van der Waals surface area contributed by atoms with Crippen LogP contribution in [0.5, 0.6) is 0 Å². The van der Waals surface area contributed by atoms with E-state index in [0.717, 1.165) is 24.3 Å². The smallest absolute Gasteiger partial charge is 0.271 e. The number of carbonyl (C=O) groups excluding carboxylic acids is 1. The number of furan rings is 1. The number of benzene rings is 2. The third-order valence-corrected chi connectivity index (χ3v) is 4.03. The maximum absolute atomic E-state index is 13.7. The number of non-ortho nitro benzene ring substituents is 1. The maximum Gasteiger partial charge on any atom is 0.271 e. The number of hydrogen-bond acceptors (Lipinski definition) is 4. The highest BCUT2D eigenvalue weighted by Gasteiger charge is 2.12. The van der Waals surface area contributed by atoms with Crippen LogP contribution in [-0.2, 0) is 4.79 Å². The molecule has 0 aliphatic carbocycles. The molecule has 3 aromatic rings. The zero-order valence-electron chi connectivity index (χ0n) is 14.0. The van der Waals surface area contributed by atoms with E-state index in [2.05, 4.69) is 5.32 Å². The molecular formula is C19H11Cl2FN2O4. The molecule has 0 saturated heterocycles. The van der Waals surface area contributed by atoms with Crippen LogP contribution in [0.2, 0.25) is 10.0 Å². The fourth-order valence-corrected chi connectivity index (χ4v) is 2.87. The van der Waals surface area contributed by atoms with E-state index < -0.39 is 16.6 Å². The summed E-state index contributed by atoms with van der Waals surface area (Å²) in [7, 11) is 0. The number of amides is 1. The van der Waals surface area contributed by atoms with Crippen LogP contribution >= 0.6 is 23.2 Å². The van der Waals surface area contributed by atoms with Gasteiger partial charge in [-0.3, -0.25) is 14.9 Å². The summed E-state index contributed by atoms with van der Waals surface area (Å²) in [4.78, 5) is 22.0. The Balaban J connectivity index is 1.72. The van der Waals surface area contributed by atoms with Crippen LogP contribution in [0.1, 0.15) is 5.76 Å². The van der Waals surface area contributed by atoms with Crippen molar-refractivity contribution in [1.82, 2.24) is 0 Å². The maximum atomic E-state index is 13.7. The van der Waals surface area contributed by atoms with Gasteiger partial charge < -0.3 is 9.73 Å². The fraction of sp³-hybridized carbons (Fsp3) is 0. The molecule has 2 aromatic carbocycles. The molecule has 0 fully saturated rings. The lowest BCUT2D eigenvalue weighted by Crippen LogP contribution is -2.09. The van der Waals surface area contributed by atoms with Crippen LogP contribution in [0.15, 0.2) is 59.0 Å². The van der Waals surface area contributed by atoms with Crippen molar-refractivity contribution in [3.8, 4) is 11.3 Å². The van der Waals surface area contributed by atoms with Crippen LogP contribution in [0.25, 0.3) is 17.4 Å². The first-order chi connectivity index (χ1) is 13.3. The molecule has 1 amide bonds. The van der Waals surface area contributed by atoms with Gasteiger partial charge >= 0.3 is 0 Å². The van der Waals surface area contributed by atoms with Crippen molar-refractivity contribution in [1.29, 1.82) is 0 Å². The number of nitro benzene ring substituents is 1. The number of nitrogens with zero attached hydrogens (tertiary/aromatic N) is 1. The third-order valence-electron chi connectivity index (χ3n) is 3.59. The SMILES string of the molecule is O=C(/C=C/c1ccc(-c2cc(Cl)cc(Cl)c2)o1)Nc1cc([N+](=O)[O-])ccc1F. The molecule has 0 spiro atoms. The summed E-state index contributed by atoms with van der Waals surface area (Å²) in [5, 5.41) is 13.9. The van der Waals surface area contributed by atoms with E-state index in [1.165, 1.54) is 6.08 Å². The van der Waals surface area contributed by atoms with Gasteiger partial charge in [-0.15, -0.1) is 0 Å². The van der Waals surface area contributed by atoms with Crippen LogP contribution in [-0.4, -0.2) is 10.8 Å². The van der Waals surface area contributed by atoms with Crippen molar-refractivity contribution < 1.29 is 18.5 Å². The zero-order valence-corrected chi connectivity index (χ0v) is 15.5. The highest BCUT2D eigenvalue weighted by atomic mass is 35.5. The van der Waals surface area contributed by atoms with E-state index in [-0.39, 0.29) is 11.4 Å². The normalized spacial score (nSPS) is 11.0. The number of hydrogen-bond donors (Lipinski definition) is 1. The minimum absolute atomic E-state index is 0.294. The Hall–Kier alpha value is -3.16. The van der Waals surface area contributed by atoms with Crippen molar-refractivity contribution in [3.05, 3.63) is 86.3 Å². The second kappa shape index (κ2) is 8.24. The molecule has 3 rings (SSSR count). The minimum Gasteiger partial charge on any atom is -0.457 e. The zero-order chi connectivity index (χ0) is 20.3. The number of rotatable bonds is 5. The van der Waals surface area contributed by atoms with E-state index in [1.807, 2.05) is 0 Å². The van der Waals surface area contributed by atoms with Gasteiger partial charge in [0.1, 0.15) is 17.3 Å². The van der Waals surface area contributed by atoms with Gasteiger partial charge in [-0.25, -0.2) is 4.39 Å². The first-order valence-corrected chi connectivity index (χ1v) is 8.57. The third kappa shape index (κ3) is 4.76. The first-order valence-electron chi connectivity index (χ1n) is 7.81.